The van der Waals surface area contributed by atoms with Crippen LogP contribution in [0.4, 0.5) is 10.2 Å². The third kappa shape index (κ3) is 7.00. The number of hydrogen-bond acceptors (Lipinski definition) is 8. The van der Waals surface area contributed by atoms with Gasteiger partial charge in [-0.1, -0.05) is 5.21 Å². The van der Waals surface area contributed by atoms with Crippen molar-refractivity contribution >= 4 is 5.82 Å². The molecule has 0 fully saturated rings. The van der Waals surface area contributed by atoms with E-state index in [0.29, 0.717) is 44.4 Å². The number of ether oxygens (including phenoxy) is 3. The van der Waals surface area contributed by atoms with E-state index >= 15 is 0 Å². The van der Waals surface area contributed by atoms with Gasteiger partial charge >= 0.3 is 5.82 Å². The van der Waals surface area contributed by atoms with E-state index in [-0.39, 0.29) is 25.6 Å². The molecule has 0 aliphatic heterocycles. The van der Waals surface area contributed by atoms with Crippen LogP contribution in [0, 0.1) is 17.0 Å². The average molecular weight is 386 g/mol. The van der Waals surface area contributed by atoms with Crippen LogP contribution >= 0.6 is 0 Å². The summed E-state index contributed by atoms with van der Waals surface area (Å²) in [4.78, 5) is 14.4. The molecule has 0 aliphatic rings. The zero-order valence-corrected chi connectivity index (χ0v) is 15.1. The molecule has 12 heteroatoms. The van der Waals surface area contributed by atoms with Gasteiger partial charge in [0.2, 0.25) is 0 Å². The topological polar surface area (TPSA) is 119 Å². The molecule has 0 saturated heterocycles. The predicted molar refractivity (Wildman–Crippen MR) is 90.9 cm³/mol. The number of imidazole rings is 1. The number of nitrogens with zero attached hydrogens (tertiary/aromatic N) is 6. The number of hydrogen-bond donors (Lipinski definition) is 0. The maximum absolute atomic E-state index is 11.8. The van der Waals surface area contributed by atoms with Crippen molar-refractivity contribution < 1.29 is 23.5 Å². The Morgan fingerprint density at radius 3 is 2.63 bits per heavy atom. The van der Waals surface area contributed by atoms with E-state index in [4.69, 9.17) is 14.2 Å². The van der Waals surface area contributed by atoms with Crippen LogP contribution in [0.2, 0.25) is 0 Å². The lowest BCUT2D eigenvalue weighted by atomic mass is 10.5. The molecular weight excluding hydrogens is 363 g/mol. The minimum absolute atomic E-state index is 0.0582. The van der Waals surface area contributed by atoms with Crippen molar-refractivity contribution in [1.82, 2.24) is 24.5 Å². The number of aromatic nitrogens is 5. The first-order valence-corrected chi connectivity index (χ1v) is 8.46. The Morgan fingerprint density at radius 1 is 1.15 bits per heavy atom. The molecule has 0 N–H and O–H groups in total. The second kappa shape index (κ2) is 11.3. The zero-order valence-electron chi connectivity index (χ0n) is 15.1. The highest BCUT2D eigenvalue weighted by Crippen LogP contribution is 2.13. The quantitative estimate of drug-likeness (QED) is 0.267. The maximum atomic E-state index is 11.8. The van der Waals surface area contributed by atoms with Gasteiger partial charge in [0.1, 0.15) is 25.1 Å². The molecule has 0 unspecified atom stereocenters. The summed E-state index contributed by atoms with van der Waals surface area (Å²) in [5.74, 6) is 0.503. The van der Waals surface area contributed by atoms with E-state index in [1.807, 2.05) is 0 Å². The van der Waals surface area contributed by atoms with Gasteiger partial charge < -0.3 is 24.3 Å². The summed E-state index contributed by atoms with van der Waals surface area (Å²) in [6, 6.07) is 0. The van der Waals surface area contributed by atoms with Gasteiger partial charge in [0, 0.05) is 6.92 Å². The first-order chi connectivity index (χ1) is 13.1. The summed E-state index contributed by atoms with van der Waals surface area (Å²) in [6.45, 7) is 3.86. The molecule has 0 amide bonds. The normalized spacial score (nSPS) is 11.2. The third-order valence-electron chi connectivity index (χ3n) is 3.57. The van der Waals surface area contributed by atoms with E-state index < -0.39 is 11.6 Å². The minimum atomic E-state index is -0.497. The molecule has 0 saturated carbocycles. The first-order valence-electron chi connectivity index (χ1n) is 8.46. The van der Waals surface area contributed by atoms with Crippen molar-refractivity contribution in [3.05, 3.63) is 34.0 Å². The Balaban J connectivity index is 1.62. The fourth-order valence-electron chi connectivity index (χ4n) is 2.26. The molecule has 2 rings (SSSR count). The lowest BCUT2D eigenvalue weighted by Crippen LogP contribution is -2.11. The van der Waals surface area contributed by atoms with Crippen molar-refractivity contribution in [2.75, 3.05) is 39.7 Å². The van der Waals surface area contributed by atoms with Crippen LogP contribution in [0.25, 0.3) is 0 Å². The van der Waals surface area contributed by atoms with Crippen LogP contribution in [0.15, 0.2) is 12.4 Å². The van der Waals surface area contributed by atoms with E-state index in [1.165, 1.54) is 10.8 Å². The summed E-state index contributed by atoms with van der Waals surface area (Å²) in [5.41, 5.74) is 0.651. The molecular formula is C15H23FN6O5. The molecule has 0 aliphatic carbocycles. The molecule has 0 radical (unpaired) electrons. The molecule has 11 nitrogen and oxygen atoms in total. The van der Waals surface area contributed by atoms with Crippen molar-refractivity contribution in [3.63, 3.8) is 0 Å². The van der Waals surface area contributed by atoms with Crippen LogP contribution in [-0.4, -0.2) is 69.2 Å². The van der Waals surface area contributed by atoms with Crippen LogP contribution in [0.1, 0.15) is 11.5 Å². The Bertz CT molecular complexity index is 707. The summed E-state index contributed by atoms with van der Waals surface area (Å²) < 4.78 is 30.7. The van der Waals surface area contributed by atoms with Gasteiger partial charge in [-0.2, -0.15) is 0 Å². The first kappa shape index (κ1) is 20.9. The standard InChI is InChI=1S/C15H23FN6O5/c1-13-17-10-15(22(23)24)21(13)4-7-27-12-14-11-20(19-18-14)3-6-26-9-8-25-5-2-16/h10-11H,2-9,12H2,1H3. The molecule has 2 heterocycles. The number of alkyl halides is 1. The maximum Gasteiger partial charge on any atom is 0.342 e. The third-order valence-corrected chi connectivity index (χ3v) is 3.57. The highest BCUT2D eigenvalue weighted by molar-refractivity contribution is 5.18. The molecule has 2 aromatic heterocycles. The summed E-state index contributed by atoms with van der Waals surface area (Å²) in [6.07, 6.45) is 2.98. The second-order valence-corrected chi connectivity index (χ2v) is 5.51. The predicted octanol–water partition coefficient (Wildman–Crippen LogP) is 0.911. The van der Waals surface area contributed by atoms with Crippen molar-refractivity contribution in [1.29, 1.82) is 0 Å². The minimum Gasteiger partial charge on any atom is -0.377 e. The van der Waals surface area contributed by atoms with Gasteiger partial charge in [0.15, 0.2) is 5.82 Å². The van der Waals surface area contributed by atoms with E-state index in [2.05, 4.69) is 15.3 Å². The number of aryl methyl sites for hydroxylation is 1. The lowest BCUT2D eigenvalue weighted by molar-refractivity contribution is -0.392. The molecule has 2 aromatic rings. The lowest BCUT2D eigenvalue weighted by Gasteiger charge is -2.04. The molecule has 0 bridgehead atoms. The van der Waals surface area contributed by atoms with Gasteiger partial charge in [0.05, 0.1) is 52.4 Å². The summed E-state index contributed by atoms with van der Waals surface area (Å²) in [7, 11) is 0. The fraction of sp³-hybridized carbons (Fsp3) is 0.667. The van der Waals surface area contributed by atoms with Gasteiger partial charge in [-0.15, -0.1) is 5.10 Å². The number of rotatable bonds is 14. The Morgan fingerprint density at radius 2 is 1.89 bits per heavy atom. The van der Waals surface area contributed by atoms with Crippen LogP contribution < -0.4 is 0 Å². The monoisotopic (exact) mass is 386 g/mol. The molecule has 27 heavy (non-hydrogen) atoms. The highest BCUT2D eigenvalue weighted by Gasteiger charge is 2.16. The van der Waals surface area contributed by atoms with Crippen LogP contribution in [0.5, 0.6) is 0 Å². The van der Waals surface area contributed by atoms with Crippen molar-refractivity contribution in [2.45, 2.75) is 26.6 Å². The molecule has 0 aromatic carbocycles. The van der Waals surface area contributed by atoms with Crippen LogP contribution in [-0.2, 0) is 33.9 Å². The van der Waals surface area contributed by atoms with Crippen molar-refractivity contribution in [3.8, 4) is 0 Å². The number of nitro groups is 1. The largest absolute Gasteiger partial charge is 0.377 e. The van der Waals surface area contributed by atoms with Crippen LogP contribution in [0.3, 0.4) is 0 Å². The summed E-state index contributed by atoms with van der Waals surface area (Å²) >= 11 is 0. The van der Waals surface area contributed by atoms with E-state index in [1.54, 1.807) is 17.8 Å². The second-order valence-electron chi connectivity index (χ2n) is 5.51. The summed E-state index contributed by atoms with van der Waals surface area (Å²) in [5, 5.41) is 18.9. The Kier molecular flexibility index (Phi) is 8.74. The molecule has 150 valence electrons. The smallest absolute Gasteiger partial charge is 0.342 e. The molecule has 0 atom stereocenters. The molecule has 0 spiro atoms. The van der Waals surface area contributed by atoms with Gasteiger partial charge in [-0.05, 0) is 4.92 Å². The Hall–Kier alpha value is -2.44. The fourth-order valence-corrected chi connectivity index (χ4v) is 2.26. The van der Waals surface area contributed by atoms with Crippen molar-refractivity contribution in [2.24, 2.45) is 0 Å². The average Bonchev–Trinajstić information content (AvgIpc) is 3.24. The number of halogens is 1. The van der Waals surface area contributed by atoms with E-state index in [9.17, 15) is 14.5 Å². The van der Waals surface area contributed by atoms with Gasteiger partial charge in [-0.25, -0.2) is 18.6 Å². The highest BCUT2D eigenvalue weighted by atomic mass is 19.1. The SMILES string of the molecule is Cc1ncc([N+](=O)[O-])n1CCOCc1cn(CCOCCOCCF)nn1. The zero-order chi connectivity index (χ0) is 19.5. The Labute approximate surface area is 155 Å². The van der Waals surface area contributed by atoms with E-state index in [0.717, 1.165) is 0 Å². The van der Waals surface area contributed by atoms with Gasteiger partial charge in [-0.3, -0.25) is 0 Å². The van der Waals surface area contributed by atoms with Gasteiger partial charge in [0.25, 0.3) is 0 Å².